The van der Waals surface area contributed by atoms with Gasteiger partial charge in [-0.05, 0) is 29.9 Å². The minimum atomic E-state index is -0.969. The summed E-state index contributed by atoms with van der Waals surface area (Å²) in [6, 6.07) is 3.93. The number of hydrogen-bond acceptors (Lipinski definition) is 8. The quantitative estimate of drug-likeness (QED) is 0.375. The van der Waals surface area contributed by atoms with E-state index < -0.39 is 47.7 Å². The van der Waals surface area contributed by atoms with Gasteiger partial charge in [-0.2, -0.15) is 0 Å². The largest absolute Gasteiger partial charge is 0.493 e. The second kappa shape index (κ2) is 14.1. The van der Waals surface area contributed by atoms with Crippen molar-refractivity contribution in [2.24, 2.45) is 5.41 Å². The lowest BCUT2D eigenvalue weighted by molar-refractivity contribution is -0.152. The average molecular weight is 588 g/mol. The highest BCUT2D eigenvalue weighted by Gasteiger charge is 2.47. The van der Waals surface area contributed by atoms with Gasteiger partial charge in [-0.25, -0.2) is 14.4 Å². The molecule has 42 heavy (non-hydrogen) atoms. The zero-order valence-corrected chi connectivity index (χ0v) is 25.3. The molecule has 0 radical (unpaired) electrons. The number of rotatable bonds is 1. The molecule has 0 spiro atoms. The van der Waals surface area contributed by atoms with Crippen molar-refractivity contribution < 1.29 is 38.1 Å². The maximum atomic E-state index is 13.8. The smallest absolute Gasteiger partial charge is 0.410 e. The molecule has 232 valence electrons. The van der Waals surface area contributed by atoms with E-state index in [-0.39, 0.29) is 19.6 Å². The summed E-state index contributed by atoms with van der Waals surface area (Å²) in [6.07, 6.45) is 5.15. The van der Waals surface area contributed by atoms with E-state index in [4.69, 9.17) is 18.9 Å². The Morgan fingerprint density at radius 1 is 0.952 bits per heavy atom. The van der Waals surface area contributed by atoms with E-state index in [2.05, 4.69) is 5.32 Å². The summed E-state index contributed by atoms with van der Waals surface area (Å²) in [7, 11) is 1.25. The van der Waals surface area contributed by atoms with E-state index in [0.29, 0.717) is 19.7 Å². The highest BCUT2D eigenvalue weighted by atomic mass is 16.6. The van der Waals surface area contributed by atoms with Crippen molar-refractivity contribution in [2.45, 2.75) is 103 Å². The number of esters is 1. The van der Waals surface area contributed by atoms with Gasteiger partial charge in [0.2, 0.25) is 5.91 Å². The number of alkyl carbamates (subject to hydrolysis) is 1. The van der Waals surface area contributed by atoms with Crippen LogP contribution in [0.4, 0.5) is 9.59 Å². The van der Waals surface area contributed by atoms with E-state index in [1.165, 1.54) is 12.0 Å². The van der Waals surface area contributed by atoms with Crippen LogP contribution in [0.15, 0.2) is 18.2 Å². The van der Waals surface area contributed by atoms with E-state index in [9.17, 15) is 19.2 Å². The first kappa shape index (κ1) is 31.4. The van der Waals surface area contributed by atoms with E-state index in [1.807, 2.05) is 39.0 Å². The Labute approximate surface area is 248 Å². The molecule has 1 unspecified atom stereocenters. The molecule has 4 bridgehead atoms. The molecule has 1 aromatic rings. The molecule has 0 aliphatic carbocycles. The third-order valence-electron chi connectivity index (χ3n) is 8.14. The van der Waals surface area contributed by atoms with Crippen LogP contribution < -0.4 is 10.1 Å². The fourth-order valence-electron chi connectivity index (χ4n) is 5.77. The highest BCUT2D eigenvalue weighted by molar-refractivity contribution is 5.91. The van der Waals surface area contributed by atoms with Crippen LogP contribution >= 0.6 is 0 Å². The molecular weight excluding hydrogens is 542 g/mol. The van der Waals surface area contributed by atoms with Gasteiger partial charge in [-0.15, -0.1) is 0 Å². The van der Waals surface area contributed by atoms with E-state index >= 15 is 0 Å². The number of nitrogens with zero attached hydrogens (tertiary/aromatic N) is 2. The second-order valence-electron chi connectivity index (χ2n) is 12.4. The van der Waals surface area contributed by atoms with Crippen LogP contribution in [0.25, 0.3) is 0 Å². The van der Waals surface area contributed by atoms with Crippen molar-refractivity contribution in [1.29, 1.82) is 0 Å². The zero-order chi connectivity index (χ0) is 30.3. The molecule has 1 N–H and O–H groups in total. The minimum absolute atomic E-state index is 0.00277. The van der Waals surface area contributed by atoms with Crippen molar-refractivity contribution in [3.8, 4) is 5.75 Å². The van der Waals surface area contributed by atoms with Gasteiger partial charge >= 0.3 is 18.2 Å². The van der Waals surface area contributed by atoms with Crippen molar-refractivity contribution >= 4 is 24.1 Å². The number of benzene rings is 1. The number of carbonyl (C=O) groups excluding carboxylic acids is 4. The second-order valence-corrected chi connectivity index (χ2v) is 12.4. The SMILES string of the molecule is COC(=O)C1C[C@@H]2CN1C(=O)[C@H](C(C)(C)C)NC(=O)OCCCCCCCCCOc1cccc3c1CN(C3)C(=O)O2. The van der Waals surface area contributed by atoms with Gasteiger partial charge in [-0.3, -0.25) is 9.69 Å². The fraction of sp³-hybridized carbons (Fsp3) is 0.677. The first-order valence-electron chi connectivity index (χ1n) is 15.1. The van der Waals surface area contributed by atoms with Crippen molar-refractivity contribution in [2.75, 3.05) is 26.9 Å². The Balaban J connectivity index is 1.52. The van der Waals surface area contributed by atoms with Gasteiger partial charge < -0.3 is 29.2 Å². The van der Waals surface area contributed by atoms with Crippen LogP contribution in [0, 0.1) is 5.41 Å². The molecular formula is C31H45N3O8. The van der Waals surface area contributed by atoms with Crippen molar-refractivity contribution in [3.05, 3.63) is 29.3 Å². The Kier molecular flexibility index (Phi) is 10.6. The van der Waals surface area contributed by atoms with E-state index in [0.717, 1.165) is 61.8 Å². The van der Waals surface area contributed by atoms with Crippen LogP contribution in [0.2, 0.25) is 0 Å². The van der Waals surface area contributed by atoms with Gasteiger partial charge in [0.15, 0.2) is 0 Å². The molecule has 3 amide bonds. The molecule has 11 nitrogen and oxygen atoms in total. The third-order valence-corrected chi connectivity index (χ3v) is 8.14. The number of cyclic esters (lactones) is 1. The lowest BCUT2D eigenvalue weighted by atomic mass is 9.85. The Hall–Kier alpha value is -3.50. The van der Waals surface area contributed by atoms with Crippen LogP contribution in [0.1, 0.15) is 83.3 Å². The van der Waals surface area contributed by atoms with Crippen LogP contribution in [0.5, 0.6) is 5.75 Å². The third kappa shape index (κ3) is 7.86. The van der Waals surface area contributed by atoms with Gasteiger partial charge in [0, 0.05) is 18.5 Å². The maximum Gasteiger partial charge on any atom is 0.410 e. The molecule has 1 aromatic carbocycles. The Morgan fingerprint density at radius 3 is 2.29 bits per heavy atom. The molecule has 0 aromatic heterocycles. The summed E-state index contributed by atoms with van der Waals surface area (Å²) in [6.45, 7) is 7.10. The molecule has 4 rings (SSSR count). The number of amides is 3. The maximum absolute atomic E-state index is 13.8. The standard InChI is InChI=1S/C31H45N3O8/c1-31(2,3)26-27(35)34-19-22(17-24(34)28(36)39-4)42-30(38)33-18-21-13-12-14-25(23(21)20-33)40-15-10-8-6-5-7-9-11-16-41-29(37)32-26/h12-14,22,24,26H,5-11,15-20H2,1-4H3,(H,32,37)/t22-,24?,26-/m1/s1. The number of nitrogens with one attached hydrogen (secondary N) is 1. The fourth-order valence-corrected chi connectivity index (χ4v) is 5.77. The molecule has 1 saturated heterocycles. The van der Waals surface area contributed by atoms with Gasteiger partial charge in [-0.1, -0.05) is 65.0 Å². The minimum Gasteiger partial charge on any atom is -0.493 e. The molecule has 3 aliphatic heterocycles. The van der Waals surface area contributed by atoms with Crippen LogP contribution in [-0.4, -0.2) is 78.9 Å². The number of carbonyl (C=O) groups is 4. The molecule has 3 atom stereocenters. The normalized spacial score (nSPS) is 25.0. The van der Waals surface area contributed by atoms with Crippen LogP contribution in [0.3, 0.4) is 0 Å². The number of methoxy groups -OCH3 is 1. The summed E-state index contributed by atoms with van der Waals surface area (Å²) in [5.74, 6) is -0.279. The predicted octanol–water partition coefficient (Wildman–Crippen LogP) is 4.55. The number of hydrogen-bond donors (Lipinski definition) is 1. The summed E-state index contributed by atoms with van der Waals surface area (Å²) in [5.41, 5.74) is 1.31. The first-order valence-corrected chi connectivity index (χ1v) is 15.1. The lowest BCUT2D eigenvalue weighted by Gasteiger charge is -2.34. The topological polar surface area (TPSA) is 124 Å². The molecule has 11 heteroatoms. The Morgan fingerprint density at radius 2 is 1.62 bits per heavy atom. The molecule has 3 heterocycles. The number of ether oxygens (including phenoxy) is 4. The monoisotopic (exact) mass is 587 g/mol. The van der Waals surface area contributed by atoms with Crippen molar-refractivity contribution in [3.63, 3.8) is 0 Å². The van der Waals surface area contributed by atoms with Crippen molar-refractivity contribution in [1.82, 2.24) is 15.1 Å². The number of fused-ring (bicyclic) bond motifs is 3. The molecule has 3 aliphatic rings. The van der Waals surface area contributed by atoms with Gasteiger partial charge in [0.25, 0.3) is 0 Å². The Bertz CT molecular complexity index is 1130. The molecule has 0 saturated carbocycles. The van der Waals surface area contributed by atoms with Gasteiger partial charge in [0.1, 0.15) is 23.9 Å². The predicted molar refractivity (Wildman–Crippen MR) is 154 cm³/mol. The van der Waals surface area contributed by atoms with Crippen LogP contribution in [-0.2, 0) is 36.9 Å². The molecule has 1 fully saturated rings. The zero-order valence-electron chi connectivity index (χ0n) is 25.3. The van der Waals surface area contributed by atoms with E-state index in [1.54, 1.807) is 4.90 Å². The summed E-state index contributed by atoms with van der Waals surface area (Å²) in [4.78, 5) is 55.4. The summed E-state index contributed by atoms with van der Waals surface area (Å²) < 4.78 is 22.3. The highest BCUT2D eigenvalue weighted by Crippen LogP contribution is 2.33. The van der Waals surface area contributed by atoms with Gasteiger partial charge in [0.05, 0.1) is 33.4 Å². The lowest BCUT2D eigenvalue weighted by Crippen LogP contribution is -2.57. The average Bonchev–Trinajstić information content (AvgIpc) is 3.58. The summed E-state index contributed by atoms with van der Waals surface area (Å²) >= 11 is 0. The first-order chi connectivity index (χ1) is 20.1. The summed E-state index contributed by atoms with van der Waals surface area (Å²) in [5, 5.41) is 2.72.